The van der Waals surface area contributed by atoms with Crippen molar-refractivity contribution in [3.05, 3.63) is 53.7 Å². The average Bonchev–Trinajstić information content (AvgIpc) is 3.05. The third-order valence-corrected chi connectivity index (χ3v) is 5.14. The van der Waals surface area contributed by atoms with E-state index in [0.717, 1.165) is 41.7 Å². The number of aliphatic imine (C=N–C) groups is 1. The number of ether oxygens (including phenoxy) is 1. The molecule has 6 nitrogen and oxygen atoms in total. The Bertz CT molecular complexity index is 767. The number of para-hydroxylation sites is 1. The summed E-state index contributed by atoms with van der Waals surface area (Å²) < 4.78 is 5.69. The summed E-state index contributed by atoms with van der Waals surface area (Å²) in [6, 6.07) is 12.4. The number of hydrogen-bond donors (Lipinski definition) is 2. The maximum atomic E-state index is 5.69. The van der Waals surface area contributed by atoms with Gasteiger partial charge in [0.15, 0.2) is 5.96 Å². The van der Waals surface area contributed by atoms with Crippen LogP contribution in [0.2, 0.25) is 0 Å². The molecule has 2 heterocycles. The number of anilines is 1. The van der Waals surface area contributed by atoms with Crippen LogP contribution in [0.5, 0.6) is 5.75 Å². The van der Waals surface area contributed by atoms with Crippen LogP contribution < -0.4 is 20.3 Å². The highest BCUT2D eigenvalue weighted by Gasteiger charge is 2.11. The van der Waals surface area contributed by atoms with E-state index in [0.29, 0.717) is 19.7 Å². The van der Waals surface area contributed by atoms with E-state index in [2.05, 4.69) is 43.7 Å². The molecule has 2 N–H and O–H groups in total. The van der Waals surface area contributed by atoms with Crippen LogP contribution in [0.3, 0.4) is 0 Å². The van der Waals surface area contributed by atoms with Crippen molar-refractivity contribution in [1.82, 2.24) is 15.6 Å². The van der Waals surface area contributed by atoms with E-state index in [9.17, 15) is 0 Å². The van der Waals surface area contributed by atoms with Crippen molar-refractivity contribution in [1.29, 1.82) is 0 Å². The van der Waals surface area contributed by atoms with Crippen LogP contribution in [0.4, 0.5) is 5.82 Å². The fourth-order valence-electron chi connectivity index (χ4n) is 3.54. The third-order valence-electron chi connectivity index (χ3n) is 5.14. The monoisotopic (exact) mass is 395 g/mol. The Morgan fingerprint density at radius 2 is 1.79 bits per heavy atom. The Morgan fingerprint density at radius 3 is 2.48 bits per heavy atom. The number of rotatable bonds is 7. The van der Waals surface area contributed by atoms with E-state index >= 15 is 0 Å². The number of benzene rings is 1. The quantitative estimate of drug-likeness (QED) is 0.553. The molecular formula is C23H33N5O. The number of aromatic nitrogens is 1. The summed E-state index contributed by atoms with van der Waals surface area (Å²) in [6.45, 7) is 6.22. The first-order valence-electron chi connectivity index (χ1n) is 10.6. The number of nitrogens with zero attached hydrogens (tertiary/aromatic N) is 3. The van der Waals surface area contributed by atoms with E-state index in [1.54, 1.807) is 7.05 Å². The van der Waals surface area contributed by atoms with Crippen molar-refractivity contribution in [2.75, 3.05) is 31.6 Å². The molecule has 1 aliphatic heterocycles. The van der Waals surface area contributed by atoms with Crippen molar-refractivity contribution in [2.24, 2.45) is 4.99 Å². The summed E-state index contributed by atoms with van der Waals surface area (Å²) in [5.74, 6) is 2.75. The molecule has 1 aromatic heterocycles. The Labute approximate surface area is 174 Å². The van der Waals surface area contributed by atoms with E-state index in [-0.39, 0.29) is 0 Å². The lowest BCUT2D eigenvalue weighted by atomic mass is 10.2. The van der Waals surface area contributed by atoms with Crippen LogP contribution in [-0.4, -0.2) is 37.7 Å². The zero-order chi connectivity index (χ0) is 20.3. The third kappa shape index (κ3) is 6.38. The van der Waals surface area contributed by atoms with Crippen LogP contribution in [0.1, 0.15) is 43.7 Å². The average molecular weight is 396 g/mol. The molecule has 156 valence electrons. The molecule has 2 aromatic rings. The predicted molar refractivity (Wildman–Crippen MR) is 120 cm³/mol. The van der Waals surface area contributed by atoms with Gasteiger partial charge in [-0.15, -0.1) is 0 Å². The van der Waals surface area contributed by atoms with Crippen LogP contribution in [0.15, 0.2) is 47.6 Å². The zero-order valence-electron chi connectivity index (χ0n) is 17.7. The highest BCUT2D eigenvalue weighted by Crippen LogP contribution is 2.18. The molecule has 29 heavy (non-hydrogen) atoms. The lowest BCUT2D eigenvalue weighted by molar-refractivity contribution is 0.336. The maximum Gasteiger partial charge on any atom is 0.191 e. The minimum Gasteiger partial charge on any atom is -0.494 e. The Hall–Kier alpha value is -2.76. The lowest BCUT2D eigenvalue weighted by Crippen LogP contribution is -2.36. The predicted octanol–water partition coefficient (Wildman–Crippen LogP) is 3.73. The van der Waals surface area contributed by atoms with Crippen LogP contribution in [0.25, 0.3) is 0 Å². The number of guanidine groups is 1. The molecule has 1 fully saturated rings. The van der Waals surface area contributed by atoms with Gasteiger partial charge in [0.05, 0.1) is 6.61 Å². The van der Waals surface area contributed by atoms with Gasteiger partial charge < -0.3 is 20.3 Å². The van der Waals surface area contributed by atoms with E-state index in [4.69, 9.17) is 4.74 Å². The SMILES string of the molecule is CCOc1ccccc1CNC(=NC)NCc1ccc(N2CCCCCC2)nc1. The van der Waals surface area contributed by atoms with Crippen molar-refractivity contribution in [2.45, 2.75) is 45.7 Å². The van der Waals surface area contributed by atoms with Crippen LogP contribution in [-0.2, 0) is 13.1 Å². The summed E-state index contributed by atoms with van der Waals surface area (Å²) in [7, 11) is 1.78. The first-order chi connectivity index (χ1) is 14.3. The van der Waals surface area contributed by atoms with Gasteiger partial charge in [-0.3, -0.25) is 4.99 Å². The van der Waals surface area contributed by atoms with Gasteiger partial charge in [-0.1, -0.05) is 37.1 Å². The molecule has 0 aliphatic carbocycles. The molecule has 1 aliphatic rings. The topological polar surface area (TPSA) is 61.8 Å². The molecule has 6 heteroatoms. The molecule has 0 spiro atoms. The summed E-state index contributed by atoms with van der Waals surface area (Å²) in [5.41, 5.74) is 2.25. The normalized spacial score (nSPS) is 15.0. The molecule has 0 radical (unpaired) electrons. The van der Waals surface area contributed by atoms with Gasteiger partial charge in [-0.2, -0.15) is 0 Å². The summed E-state index contributed by atoms with van der Waals surface area (Å²) >= 11 is 0. The van der Waals surface area contributed by atoms with Gasteiger partial charge in [-0.25, -0.2) is 4.98 Å². The van der Waals surface area contributed by atoms with Gasteiger partial charge in [0.1, 0.15) is 11.6 Å². The van der Waals surface area contributed by atoms with Crippen molar-refractivity contribution in [3.63, 3.8) is 0 Å². The fourth-order valence-corrected chi connectivity index (χ4v) is 3.54. The second kappa shape index (κ2) is 11.3. The largest absolute Gasteiger partial charge is 0.494 e. The van der Waals surface area contributed by atoms with Crippen LogP contribution in [0, 0.1) is 0 Å². The van der Waals surface area contributed by atoms with E-state index < -0.39 is 0 Å². The van der Waals surface area contributed by atoms with Gasteiger partial charge in [0.2, 0.25) is 0 Å². The maximum absolute atomic E-state index is 5.69. The number of pyridine rings is 1. The Morgan fingerprint density at radius 1 is 1.03 bits per heavy atom. The Kier molecular flexibility index (Phi) is 8.16. The van der Waals surface area contributed by atoms with E-state index in [1.807, 2.05) is 31.3 Å². The highest BCUT2D eigenvalue weighted by molar-refractivity contribution is 5.79. The molecule has 0 amide bonds. The number of nitrogens with one attached hydrogen (secondary N) is 2. The summed E-state index contributed by atoms with van der Waals surface area (Å²) in [4.78, 5) is 11.4. The van der Waals surface area contributed by atoms with Gasteiger partial charge in [0.25, 0.3) is 0 Å². The minimum absolute atomic E-state index is 0.655. The van der Waals surface area contributed by atoms with Crippen molar-refractivity contribution >= 4 is 11.8 Å². The Balaban J connectivity index is 1.50. The van der Waals surface area contributed by atoms with Gasteiger partial charge in [0, 0.05) is 45.0 Å². The van der Waals surface area contributed by atoms with Gasteiger partial charge >= 0.3 is 0 Å². The molecular weight excluding hydrogens is 362 g/mol. The second-order valence-corrected chi connectivity index (χ2v) is 7.25. The standard InChI is InChI=1S/C23H33N5O/c1-3-29-21-11-7-6-10-20(21)18-27-23(24-2)26-17-19-12-13-22(25-16-19)28-14-8-4-5-9-15-28/h6-7,10-13,16H,3-5,8-9,14-15,17-18H2,1-2H3,(H2,24,26,27). The fraction of sp³-hybridized carbons (Fsp3) is 0.478. The smallest absolute Gasteiger partial charge is 0.191 e. The summed E-state index contributed by atoms with van der Waals surface area (Å²) in [6.07, 6.45) is 7.16. The molecule has 0 unspecified atom stereocenters. The first kappa shape index (κ1) is 21.0. The van der Waals surface area contributed by atoms with E-state index in [1.165, 1.54) is 25.7 Å². The molecule has 0 bridgehead atoms. The van der Waals surface area contributed by atoms with Crippen molar-refractivity contribution < 1.29 is 4.74 Å². The highest BCUT2D eigenvalue weighted by atomic mass is 16.5. The molecule has 1 aromatic carbocycles. The van der Waals surface area contributed by atoms with Crippen LogP contribution >= 0.6 is 0 Å². The second-order valence-electron chi connectivity index (χ2n) is 7.25. The zero-order valence-corrected chi connectivity index (χ0v) is 17.7. The molecule has 3 rings (SSSR count). The number of hydrogen-bond acceptors (Lipinski definition) is 4. The first-order valence-corrected chi connectivity index (χ1v) is 10.6. The summed E-state index contributed by atoms with van der Waals surface area (Å²) in [5, 5.41) is 6.72. The molecule has 0 saturated carbocycles. The lowest BCUT2D eigenvalue weighted by Gasteiger charge is -2.21. The molecule has 1 saturated heterocycles. The van der Waals surface area contributed by atoms with Gasteiger partial charge in [-0.05, 0) is 37.5 Å². The minimum atomic E-state index is 0.655. The van der Waals surface area contributed by atoms with Crippen molar-refractivity contribution in [3.8, 4) is 5.75 Å². The molecule has 0 atom stereocenters.